The molecule has 4 aromatic rings. The zero-order valence-corrected chi connectivity index (χ0v) is 19.1. The maximum absolute atomic E-state index is 13.5. The molecule has 0 aliphatic rings. The fourth-order valence-corrected chi connectivity index (χ4v) is 3.53. The zero-order valence-electron chi connectivity index (χ0n) is 19.1. The Morgan fingerprint density at radius 3 is 2.70 bits per heavy atom. The van der Waals surface area contributed by atoms with Gasteiger partial charge in [-0.15, -0.1) is 5.92 Å². The van der Waals surface area contributed by atoms with Crippen LogP contribution in [-0.4, -0.2) is 40.7 Å². The molecule has 4 heterocycles. The van der Waals surface area contributed by atoms with Crippen molar-refractivity contribution >= 4 is 28.1 Å². The highest BCUT2D eigenvalue weighted by atomic mass is 16.2. The smallest absolute Gasteiger partial charge is 0.332 e. The second kappa shape index (κ2) is 8.52. The summed E-state index contributed by atoms with van der Waals surface area (Å²) < 4.78 is 4.25. The molecule has 0 spiro atoms. The summed E-state index contributed by atoms with van der Waals surface area (Å²) in [6.07, 6.45) is 3.33. The van der Waals surface area contributed by atoms with Gasteiger partial charge in [0.15, 0.2) is 11.2 Å². The molecule has 0 radical (unpaired) electrons. The lowest BCUT2D eigenvalue weighted by molar-refractivity contribution is 0.546. The lowest BCUT2D eigenvalue weighted by Crippen LogP contribution is -2.40. The lowest BCUT2D eigenvalue weighted by atomic mass is 10.1. The number of nitrogens with zero attached hydrogens (tertiary/aromatic N) is 6. The number of pyridine rings is 2. The molecular formula is C23H26N8O2. The number of fused-ring (bicyclic) bond motifs is 2. The number of rotatable bonds is 6. The summed E-state index contributed by atoms with van der Waals surface area (Å²) in [7, 11) is 1.60. The Labute approximate surface area is 190 Å². The maximum atomic E-state index is 13.5. The van der Waals surface area contributed by atoms with Gasteiger partial charge in [-0.2, -0.15) is 4.98 Å². The van der Waals surface area contributed by atoms with Gasteiger partial charge in [-0.3, -0.25) is 28.5 Å². The van der Waals surface area contributed by atoms with Gasteiger partial charge >= 0.3 is 5.69 Å². The van der Waals surface area contributed by atoms with Gasteiger partial charge in [0.1, 0.15) is 0 Å². The van der Waals surface area contributed by atoms with E-state index in [0.29, 0.717) is 29.1 Å². The molecule has 0 aromatic carbocycles. The van der Waals surface area contributed by atoms with Crippen molar-refractivity contribution in [3.8, 4) is 11.8 Å². The number of nitrogens with two attached hydrogens (primary N) is 1. The minimum atomic E-state index is -0.497. The van der Waals surface area contributed by atoms with E-state index in [1.807, 2.05) is 26.0 Å². The zero-order chi connectivity index (χ0) is 23.8. The largest absolute Gasteiger partial charge is 0.354 e. The molecule has 4 rings (SSSR count). The third-order valence-electron chi connectivity index (χ3n) is 5.20. The Hall–Kier alpha value is -3.97. The van der Waals surface area contributed by atoms with E-state index < -0.39 is 16.8 Å². The molecule has 0 unspecified atom stereocenters. The highest BCUT2D eigenvalue weighted by Crippen LogP contribution is 2.17. The van der Waals surface area contributed by atoms with Crippen molar-refractivity contribution in [1.82, 2.24) is 28.7 Å². The minimum absolute atomic E-state index is 0.0597. The average molecular weight is 447 g/mol. The van der Waals surface area contributed by atoms with Gasteiger partial charge in [0.05, 0.1) is 24.1 Å². The van der Waals surface area contributed by atoms with Crippen LogP contribution in [-0.2, 0) is 20.1 Å². The molecule has 0 fully saturated rings. The quantitative estimate of drug-likeness (QED) is 0.424. The lowest BCUT2D eigenvalue weighted by Gasteiger charge is -2.19. The van der Waals surface area contributed by atoms with Gasteiger partial charge in [-0.05, 0) is 44.5 Å². The first kappa shape index (κ1) is 22.2. The van der Waals surface area contributed by atoms with E-state index in [2.05, 4.69) is 32.1 Å². The van der Waals surface area contributed by atoms with Crippen LogP contribution in [0.2, 0.25) is 0 Å². The Bertz CT molecular complexity index is 1530. The first-order valence-electron chi connectivity index (χ1n) is 10.5. The van der Waals surface area contributed by atoms with Crippen LogP contribution >= 0.6 is 0 Å². The second-order valence-electron chi connectivity index (χ2n) is 8.58. The number of hydrogen-bond acceptors (Lipinski definition) is 7. The maximum Gasteiger partial charge on any atom is 0.332 e. The predicted octanol–water partition coefficient (Wildman–Crippen LogP) is 1.06. The van der Waals surface area contributed by atoms with Crippen molar-refractivity contribution in [3.05, 3.63) is 57.0 Å². The molecule has 33 heavy (non-hydrogen) atoms. The molecule has 0 saturated heterocycles. The molecule has 0 amide bonds. The topological polar surface area (TPSA) is 126 Å². The Morgan fingerprint density at radius 1 is 1.18 bits per heavy atom. The standard InChI is InChI=1S/C23H26N8O2/c1-5-6-10-30-18-19(28-21(30)27-14-23(2,3)24)29(4)22(33)31(20(18)32)13-15-11-17-16(26-12-15)8-7-9-25-17/h7-9,11-12H,10,13-14,24H2,1-4H3,(H,27,28). The van der Waals surface area contributed by atoms with Crippen molar-refractivity contribution < 1.29 is 0 Å². The monoisotopic (exact) mass is 446 g/mol. The van der Waals surface area contributed by atoms with Crippen LogP contribution in [0.1, 0.15) is 26.3 Å². The number of imidazole rings is 1. The fourth-order valence-electron chi connectivity index (χ4n) is 3.53. The molecule has 0 aliphatic heterocycles. The number of aryl methyl sites for hydroxylation is 1. The average Bonchev–Trinajstić information content (AvgIpc) is 3.16. The number of hydrogen-bond donors (Lipinski definition) is 2. The van der Waals surface area contributed by atoms with E-state index in [1.165, 1.54) is 9.13 Å². The first-order valence-corrected chi connectivity index (χ1v) is 10.5. The molecule has 0 bridgehead atoms. The van der Waals surface area contributed by atoms with Crippen LogP contribution in [0, 0.1) is 11.8 Å². The highest BCUT2D eigenvalue weighted by molar-refractivity contribution is 5.75. The third-order valence-corrected chi connectivity index (χ3v) is 5.20. The van der Waals surface area contributed by atoms with Gasteiger partial charge in [-0.1, -0.05) is 5.92 Å². The van der Waals surface area contributed by atoms with E-state index in [-0.39, 0.29) is 18.7 Å². The fraction of sp³-hybridized carbons (Fsp3) is 0.348. The van der Waals surface area contributed by atoms with Crippen LogP contribution in [0.5, 0.6) is 0 Å². The van der Waals surface area contributed by atoms with Crippen molar-refractivity contribution in [3.63, 3.8) is 0 Å². The van der Waals surface area contributed by atoms with Crippen molar-refractivity contribution in [1.29, 1.82) is 0 Å². The van der Waals surface area contributed by atoms with Gasteiger partial charge in [0.2, 0.25) is 5.95 Å². The van der Waals surface area contributed by atoms with Crippen LogP contribution in [0.25, 0.3) is 22.2 Å². The van der Waals surface area contributed by atoms with Crippen molar-refractivity contribution in [2.24, 2.45) is 12.8 Å². The van der Waals surface area contributed by atoms with Crippen molar-refractivity contribution in [2.75, 3.05) is 11.9 Å². The summed E-state index contributed by atoms with van der Waals surface area (Å²) in [5, 5.41) is 3.19. The SMILES string of the molecule is CC#CCn1c(NCC(C)(C)N)nc2c1c(=O)n(Cc1cnc3cccnc3c1)c(=O)n2C. The molecule has 0 saturated carbocycles. The van der Waals surface area contributed by atoms with E-state index in [0.717, 1.165) is 5.52 Å². The van der Waals surface area contributed by atoms with Crippen LogP contribution in [0.4, 0.5) is 5.95 Å². The Kier molecular flexibility index (Phi) is 5.74. The number of anilines is 1. The summed E-state index contributed by atoms with van der Waals surface area (Å²) in [6, 6.07) is 5.49. The van der Waals surface area contributed by atoms with E-state index >= 15 is 0 Å². The molecule has 3 N–H and O–H groups in total. The number of nitrogens with one attached hydrogen (secondary N) is 1. The van der Waals surface area contributed by atoms with Gasteiger partial charge < -0.3 is 11.1 Å². The second-order valence-corrected chi connectivity index (χ2v) is 8.58. The van der Waals surface area contributed by atoms with Crippen molar-refractivity contribution in [2.45, 2.75) is 39.4 Å². The summed E-state index contributed by atoms with van der Waals surface area (Å²) >= 11 is 0. The first-order chi connectivity index (χ1) is 15.7. The van der Waals surface area contributed by atoms with E-state index in [1.54, 1.807) is 37.0 Å². The Morgan fingerprint density at radius 2 is 1.97 bits per heavy atom. The molecule has 10 heteroatoms. The minimum Gasteiger partial charge on any atom is -0.354 e. The molecule has 10 nitrogen and oxygen atoms in total. The van der Waals surface area contributed by atoms with Crippen LogP contribution < -0.4 is 22.3 Å². The van der Waals surface area contributed by atoms with Gasteiger partial charge in [0.25, 0.3) is 5.56 Å². The normalized spacial score (nSPS) is 11.5. The summed E-state index contributed by atoms with van der Waals surface area (Å²) in [5.41, 5.74) is 7.41. The summed E-state index contributed by atoms with van der Waals surface area (Å²) in [5.74, 6) is 6.26. The van der Waals surface area contributed by atoms with Crippen LogP contribution in [0.15, 0.2) is 40.2 Å². The van der Waals surface area contributed by atoms with E-state index in [9.17, 15) is 9.59 Å². The molecule has 0 aliphatic carbocycles. The molecule has 170 valence electrons. The van der Waals surface area contributed by atoms with Crippen LogP contribution in [0.3, 0.4) is 0 Å². The number of aromatic nitrogens is 6. The molecule has 4 aromatic heterocycles. The van der Waals surface area contributed by atoms with Gasteiger partial charge in [-0.25, -0.2) is 4.79 Å². The third kappa shape index (κ3) is 4.36. The predicted molar refractivity (Wildman–Crippen MR) is 128 cm³/mol. The molecule has 0 atom stereocenters. The Balaban J connectivity index is 1.87. The molecular weight excluding hydrogens is 420 g/mol. The van der Waals surface area contributed by atoms with Gasteiger partial charge in [0, 0.05) is 31.5 Å². The highest BCUT2D eigenvalue weighted by Gasteiger charge is 2.21. The van der Waals surface area contributed by atoms with E-state index in [4.69, 9.17) is 5.73 Å². The summed E-state index contributed by atoms with van der Waals surface area (Å²) in [6.45, 7) is 6.22. The summed E-state index contributed by atoms with van der Waals surface area (Å²) in [4.78, 5) is 39.8.